The van der Waals surface area contributed by atoms with E-state index in [1.54, 1.807) is 15.6 Å². The highest BCUT2D eigenvalue weighted by Crippen LogP contribution is 2.17. The number of aliphatic hydroxyl groups excluding tert-OH is 1. The van der Waals surface area contributed by atoms with Crippen molar-refractivity contribution in [3.05, 3.63) is 29.7 Å². The Morgan fingerprint density at radius 2 is 2.00 bits per heavy atom. The average molecular weight is 331 g/mol. The topological polar surface area (TPSA) is 74.0 Å². The van der Waals surface area contributed by atoms with Crippen molar-refractivity contribution in [2.24, 2.45) is 0 Å². The summed E-state index contributed by atoms with van der Waals surface area (Å²) >= 11 is 0. The molecule has 0 radical (unpaired) electrons. The fourth-order valence-corrected chi connectivity index (χ4v) is 3.09. The van der Waals surface area contributed by atoms with Crippen molar-refractivity contribution in [2.75, 3.05) is 26.2 Å². The summed E-state index contributed by atoms with van der Waals surface area (Å²) in [6.45, 7) is 8.22. The number of aliphatic hydroxyl groups is 1. The fraction of sp³-hybridized carbons (Fsp3) is 0.588. The predicted molar refractivity (Wildman–Crippen MR) is 90.8 cm³/mol. The number of likely N-dealkylation sites (tertiary alicyclic amines) is 1. The van der Waals surface area contributed by atoms with Gasteiger partial charge in [-0.1, -0.05) is 13.8 Å². The van der Waals surface area contributed by atoms with E-state index in [2.05, 4.69) is 28.8 Å². The molecule has 1 amide bonds. The lowest BCUT2D eigenvalue weighted by molar-refractivity contribution is 0.0548. The number of fused-ring (bicyclic) bond motifs is 1. The van der Waals surface area contributed by atoms with Gasteiger partial charge in [-0.2, -0.15) is 5.10 Å². The zero-order valence-corrected chi connectivity index (χ0v) is 14.4. The average Bonchev–Trinajstić information content (AvgIpc) is 3.02. The number of rotatable bonds is 5. The first kappa shape index (κ1) is 16.9. The molecule has 2 aromatic rings. The summed E-state index contributed by atoms with van der Waals surface area (Å²) in [6, 6.07) is 0. The second-order valence-electron chi connectivity index (χ2n) is 6.27. The van der Waals surface area contributed by atoms with Crippen LogP contribution in [0.2, 0.25) is 0 Å². The van der Waals surface area contributed by atoms with E-state index in [-0.39, 0.29) is 12.0 Å². The Balaban J connectivity index is 1.79. The maximum absolute atomic E-state index is 12.7. The summed E-state index contributed by atoms with van der Waals surface area (Å²) in [7, 11) is 0. The van der Waals surface area contributed by atoms with Gasteiger partial charge in [-0.3, -0.25) is 9.69 Å². The Morgan fingerprint density at radius 1 is 1.29 bits per heavy atom. The zero-order valence-electron chi connectivity index (χ0n) is 14.4. The van der Waals surface area contributed by atoms with Gasteiger partial charge in [0.15, 0.2) is 5.65 Å². The van der Waals surface area contributed by atoms with Crippen LogP contribution in [0.15, 0.2) is 18.6 Å². The minimum absolute atomic E-state index is 0.0547. The molecule has 0 spiro atoms. The Morgan fingerprint density at radius 3 is 2.67 bits per heavy atom. The summed E-state index contributed by atoms with van der Waals surface area (Å²) in [5.74, 6) is -0.0547. The maximum atomic E-state index is 12.7. The van der Waals surface area contributed by atoms with Crippen molar-refractivity contribution in [3.63, 3.8) is 0 Å². The van der Waals surface area contributed by atoms with Gasteiger partial charge in [-0.25, -0.2) is 9.50 Å². The van der Waals surface area contributed by atoms with Crippen LogP contribution < -0.4 is 0 Å². The number of amides is 1. The summed E-state index contributed by atoms with van der Waals surface area (Å²) in [4.78, 5) is 21.2. The van der Waals surface area contributed by atoms with E-state index >= 15 is 0 Å². The van der Waals surface area contributed by atoms with Gasteiger partial charge in [0.25, 0.3) is 5.91 Å². The molecule has 3 heterocycles. The number of hydrogen-bond acceptors (Lipinski definition) is 5. The number of aromatic nitrogens is 3. The van der Waals surface area contributed by atoms with Gasteiger partial charge in [-0.05, 0) is 25.9 Å². The lowest BCUT2D eigenvalue weighted by Crippen LogP contribution is -2.40. The van der Waals surface area contributed by atoms with Crippen LogP contribution in [0.1, 0.15) is 42.6 Å². The predicted octanol–water partition coefficient (Wildman–Crippen LogP) is 1.17. The molecule has 1 aliphatic rings. The molecule has 0 aliphatic carbocycles. The van der Waals surface area contributed by atoms with Crippen LogP contribution in [-0.2, 0) is 6.54 Å². The van der Waals surface area contributed by atoms with Crippen LogP contribution >= 0.6 is 0 Å². The highest BCUT2D eigenvalue weighted by atomic mass is 16.3. The Hall–Kier alpha value is -1.99. The molecule has 3 rings (SSSR count). The number of carbonyl (C=O) groups is 1. The van der Waals surface area contributed by atoms with Crippen LogP contribution in [0.4, 0.5) is 0 Å². The second-order valence-corrected chi connectivity index (χ2v) is 6.27. The molecule has 24 heavy (non-hydrogen) atoms. The molecular weight excluding hydrogens is 306 g/mol. The van der Waals surface area contributed by atoms with Crippen molar-refractivity contribution >= 4 is 11.6 Å². The van der Waals surface area contributed by atoms with Crippen molar-refractivity contribution in [2.45, 2.75) is 39.3 Å². The van der Waals surface area contributed by atoms with Crippen molar-refractivity contribution in [3.8, 4) is 0 Å². The van der Waals surface area contributed by atoms with E-state index in [4.69, 9.17) is 0 Å². The maximum Gasteiger partial charge on any atom is 0.259 e. The first-order valence-electron chi connectivity index (χ1n) is 8.64. The van der Waals surface area contributed by atoms with Crippen molar-refractivity contribution < 1.29 is 9.90 Å². The van der Waals surface area contributed by atoms with Gasteiger partial charge in [0.05, 0.1) is 12.3 Å². The number of hydrogen-bond donors (Lipinski definition) is 1. The van der Waals surface area contributed by atoms with Gasteiger partial charge >= 0.3 is 0 Å². The Bertz CT molecular complexity index is 702. The van der Waals surface area contributed by atoms with Crippen LogP contribution in [0.25, 0.3) is 5.65 Å². The molecule has 1 fully saturated rings. The van der Waals surface area contributed by atoms with E-state index in [0.717, 1.165) is 25.2 Å². The second kappa shape index (κ2) is 7.27. The van der Waals surface area contributed by atoms with E-state index in [1.807, 2.05) is 12.4 Å². The van der Waals surface area contributed by atoms with Gasteiger partial charge in [0, 0.05) is 37.6 Å². The summed E-state index contributed by atoms with van der Waals surface area (Å²) in [6.07, 6.45) is 6.33. The van der Waals surface area contributed by atoms with Gasteiger partial charge < -0.3 is 10.0 Å². The SMILES string of the molecule is CCN(CC)Cc1cnc2c(C(=O)N3CCC(O)CC3)cnn2c1. The number of carbonyl (C=O) groups excluding carboxylic acids is 1. The molecule has 1 N–H and O–H groups in total. The van der Waals surface area contributed by atoms with Gasteiger partial charge in [0.1, 0.15) is 5.56 Å². The summed E-state index contributed by atoms with van der Waals surface area (Å²) in [5, 5.41) is 13.9. The minimum Gasteiger partial charge on any atom is -0.393 e. The van der Waals surface area contributed by atoms with E-state index in [9.17, 15) is 9.90 Å². The number of piperidine rings is 1. The minimum atomic E-state index is -0.293. The Labute approximate surface area is 141 Å². The fourth-order valence-electron chi connectivity index (χ4n) is 3.09. The third-order valence-electron chi connectivity index (χ3n) is 4.69. The molecule has 0 unspecified atom stereocenters. The summed E-state index contributed by atoms with van der Waals surface area (Å²) in [5.41, 5.74) is 2.20. The highest BCUT2D eigenvalue weighted by Gasteiger charge is 2.25. The lowest BCUT2D eigenvalue weighted by Gasteiger charge is -2.29. The first-order chi connectivity index (χ1) is 11.6. The summed E-state index contributed by atoms with van der Waals surface area (Å²) < 4.78 is 1.69. The van der Waals surface area contributed by atoms with E-state index < -0.39 is 0 Å². The monoisotopic (exact) mass is 331 g/mol. The third-order valence-corrected chi connectivity index (χ3v) is 4.69. The largest absolute Gasteiger partial charge is 0.393 e. The van der Waals surface area contributed by atoms with Crippen LogP contribution in [0, 0.1) is 0 Å². The van der Waals surface area contributed by atoms with E-state index in [0.29, 0.717) is 37.1 Å². The third kappa shape index (κ3) is 3.42. The molecular formula is C17H25N5O2. The first-order valence-corrected chi connectivity index (χ1v) is 8.64. The molecule has 0 bridgehead atoms. The zero-order chi connectivity index (χ0) is 17.1. The molecule has 7 nitrogen and oxygen atoms in total. The van der Waals surface area contributed by atoms with Gasteiger partial charge in [-0.15, -0.1) is 0 Å². The van der Waals surface area contributed by atoms with Crippen molar-refractivity contribution in [1.82, 2.24) is 24.4 Å². The molecule has 0 saturated carbocycles. The van der Waals surface area contributed by atoms with Crippen LogP contribution in [0.5, 0.6) is 0 Å². The Kier molecular flexibility index (Phi) is 5.11. The van der Waals surface area contributed by atoms with Crippen molar-refractivity contribution in [1.29, 1.82) is 0 Å². The standard InChI is InChI=1S/C17H25N5O2/c1-3-20(4-2)11-13-9-18-16-15(10-19-22(16)12-13)17(24)21-7-5-14(23)6-8-21/h9-10,12,14,23H,3-8,11H2,1-2H3. The smallest absolute Gasteiger partial charge is 0.259 e. The molecule has 0 aromatic carbocycles. The van der Waals surface area contributed by atoms with Crippen LogP contribution in [0.3, 0.4) is 0 Å². The molecule has 0 atom stereocenters. The molecule has 130 valence electrons. The molecule has 1 saturated heterocycles. The van der Waals surface area contributed by atoms with E-state index in [1.165, 1.54) is 0 Å². The quantitative estimate of drug-likeness (QED) is 0.890. The normalized spacial score (nSPS) is 16.2. The highest BCUT2D eigenvalue weighted by molar-refractivity contribution is 5.99. The van der Waals surface area contributed by atoms with Crippen LogP contribution in [-0.4, -0.2) is 67.7 Å². The van der Waals surface area contributed by atoms with Gasteiger partial charge in [0.2, 0.25) is 0 Å². The lowest BCUT2D eigenvalue weighted by atomic mass is 10.1. The number of nitrogens with zero attached hydrogens (tertiary/aromatic N) is 5. The molecule has 2 aromatic heterocycles. The molecule has 1 aliphatic heterocycles. The molecule has 7 heteroatoms.